The number of piperidine rings is 1. The zero-order valence-electron chi connectivity index (χ0n) is 15.4. The Morgan fingerprint density at radius 1 is 1.04 bits per heavy atom. The molecule has 2 aliphatic heterocycles. The molecule has 0 aliphatic carbocycles. The lowest BCUT2D eigenvalue weighted by Gasteiger charge is -2.35. The van der Waals surface area contributed by atoms with Crippen LogP contribution in [0.4, 0.5) is 11.5 Å². The van der Waals surface area contributed by atoms with Crippen LogP contribution in [0, 0.1) is 0 Å². The van der Waals surface area contributed by atoms with Gasteiger partial charge in [0.05, 0.1) is 5.56 Å². The average molecular weight is 350 g/mol. The largest absolute Gasteiger partial charge is 0.339 e. The molecule has 0 radical (unpaired) electrons. The Kier molecular flexibility index (Phi) is 4.64. The van der Waals surface area contributed by atoms with Crippen LogP contribution in [-0.2, 0) is 0 Å². The first-order chi connectivity index (χ1) is 12.6. The number of para-hydroxylation sites is 1. The molecule has 2 aromatic rings. The Morgan fingerprint density at radius 2 is 1.73 bits per heavy atom. The summed E-state index contributed by atoms with van der Waals surface area (Å²) in [6.07, 6.45) is 6.29. The number of aromatic nitrogens is 1. The zero-order chi connectivity index (χ0) is 18.1. The molecule has 1 aromatic heterocycles. The number of benzene rings is 1. The second-order valence-corrected chi connectivity index (χ2v) is 7.48. The lowest BCUT2D eigenvalue weighted by molar-refractivity contribution is 0.0681. The number of hydrogen-bond acceptors (Lipinski definition) is 4. The first kappa shape index (κ1) is 17.0. The molecule has 4 rings (SSSR count). The van der Waals surface area contributed by atoms with Gasteiger partial charge in [-0.2, -0.15) is 0 Å². The highest BCUT2D eigenvalue weighted by Gasteiger charge is 2.36. The Balaban J connectivity index is 1.45. The second-order valence-electron chi connectivity index (χ2n) is 7.48. The van der Waals surface area contributed by atoms with Crippen molar-refractivity contribution < 1.29 is 4.79 Å². The molecule has 0 spiro atoms. The van der Waals surface area contributed by atoms with Crippen molar-refractivity contribution >= 4 is 17.4 Å². The van der Waals surface area contributed by atoms with Crippen molar-refractivity contribution in [3.05, 3.63) is 54.2 Å². The van der Waals surface area contributed by atoms with Gasteiger partial charge in [-0.05, 0) is 49.9 Å². The number of nitrogens with one attached hydrogen (secondary N) is 1. The molecule has 2 aliphatic rings. The minimum absolute atomic E-state index is 0.0673. The highest BCUT2D eigenvalue weighted by atomic mass is 16.2. The van der Waals surface area contributed by atoms with E-state index in [-0.39, 0.29) is 5.91 Å². The molecule has 2 fully saturated rings. The first-order valence-electron chi connectivity index (χ1n) is 9.40. The molecule has 26 heavy (non-hydrogen) atoms. The monoisotopic (exact) mass is 350 g/mol. The highest BCUT2D eigenvalue weighted by Crippen LogP contribution is 2.30. The predicted octanol–water partition coefficient (Wildman–Crippen LogP) is 3.20. The molecule has 1 amide bonds. The average Bonchev–Trinajstić information content (AvgIpc) is 3.04. The fourth-order valence-electron chi connectivity index (χ4n) is 4.21. The molecule has 3 heterocycles. The van der Waals surface area contributed by atoms with Crippen molar-refractivity contribution in [1.29, 1.82) is 0 Å². The third kappa shape index (κ3) is 3.31. The van der Waals surface area contributed by atoms with Gasteiger partial charge in [0, 0.05) is 44.1 Å². The Bertz CT molecular complexity index is 749. The van der Waals surface area contributed by atoms with Crippen molar-refractivity contribution in [2.24, 2.45) is 0 Å². The quantitative estimate of drug-likeness (QED) is 0.920. The van der Waals surface area contributed by atoms with Gasteiger partial charge in [-0.25, -0.2) is 4.98 Å². The van der Waals surface area contributed by atoms with Crippen LogP contribution in [0.1, 0.15) is 36.0 Å². The molecule has 0 saturated carbocycles. The second kappa shape index (κ2) is 7.08. The van der Waals surface area contributed by atoms with Gasteiger partial charge in [0.25, 0.3) is 5.91 Å². The number of fused-ring (bicyclic) bond motifs is 2. The van der Waals surface area contributed by atoms with Gasteiger partial charge in [-0.3, -0.25) is 4.79 Å². The summed E-state index contributed by atoms with van der Waals surface area (Å²) in [5.41, 5.74) is 1.73. The number of carbonyl (C=O) groups is 1. The topological polar surface area (TPSA) is 48.5 Å². The summed E-state index contributed by atoms with van der Waals surface area (Å²) in [4.78, 5) is 21.3. The van der Waals surface area contributed by atoms with Gasteiger partial charge < -0.3 is 15.1 Å². The van der Waals surface area contributed by atoms with Crippen molar-refractivity contribution in [1.82, 2.24) is 15.2 Å². The van der Waals surface area contributed by atoms with Crippen molar-refractivity contribution in [3.8, 4) is 0 Å². The molecular weight excluding hydrogens is 324 g/mol. The van der Waals surface area contributed by atoms with Crippen molar-refractivity contribution in [3.63, 3.8) is 0 Å². The summed E-state index contributed by atoms with van der Waals surface area (Å²) in [5, 5.41) is 3.63. The Labute approximate surface area is 155 Å². The summed E-state index contributed by atoms with van der Waals surface area (Å²) < 4.78 is 0. The minimum atomic E-state index is 0.0673. The molecule has 1 aromatic carbocycles. The standard InChI is InChI=1S/C21H26N4O/c1-24(18-6-4-3-5-7-18)20-11-8-15(14-22-20)21(26)25(2)19-12-16-9-10-17(13-19)23-16/h3-8,11,14,16-17,19,23H,9-10,12-13H2,1-2H3. The lowest BCUT2D eigenvalue weighted by Crippen LogP contribution is -2.48. The number of anilines is 2. The number of rotatable bonds is 4. The van der Waals surface area contributed by atoms with E-state index in [1.165, 1.54) is 12.8 Å². The maximum atomic E-state index is 12.9. The molecule has 5 heteroatoms. The van der Waals surface area contributed by atoms with Gasteiger partial charge in [0.1, 0.15) is 5.82 Å². The van der Waals surface area contributed by atoms with Crippen molar-refractivity contribution in [2.45, 2.75) is 43.8 Å². The summed E-state index contributed by atoms with van der Waals surface area (Å²) in [5.74, 6) is 0.896. The minimum Gasteiger partial charge on any atom is -0.339 e. The van der Waals surface area contributed by atoms with E-state index >= 15 is 0 Å². The van der Waals surface area contributed by atoms with E-state index in [0.29, 0.717) is 23.7 Å². The number of amides is 1. The van der Waals surface area contributed by atoms with E-state index in [4.69, 9.17) is 0 Å². The smallest absolute Gasteiger partial charge is 0.255 e. The fraction of sp³-hybridized carbons (Fsp3) is 0.429. The van der Waals surface area contributed by atoms with Crippen LogP contribution in [-0.4, -0.2) is 48.0 Å². The van der Waals surface area contributed by atoms with E-state index in [2.05, 4.69) is 10.3 Å². The Morgan fingerprint density at radius 3 is 2.35 bits per heavy atom. The summed E-state index contributed by atoms with van der Waals surface area (Å²) in [6.45, 7) is 0. The van der Waals surface area contributed by atoms with E-state index in [9.17, 15) is 4.79 Å². The van der Waals surface area contributed by atoms with E-state index in [0.717, 1.165) is 24.3 Å². The molecule has 2 unspecified atom stereocenters. The van der Waals surface area contributed by atoms with E-state index in [1.807, 2.05) is 66.4 Å². The summed E-state index contributed by atoms with van der Waals surface area (Å²) in [6, 6.07) is 15.4. The number of carbonyl (C=O) groups excluding carboxylic acids is 1. The number of pyridine rings is 1. The summed E-state index contributed by atoms with van der Waals surface area (Å²) >= 11 is 0. The van der Waals surface area contributed by atoms with Gasteiger partial charge >= 0.3 is 0 Å². The third-order valence-electron chi connectivity index (χ3n) is 5.80. The van der Waals surface area contributed by atoms with Crippen LogP contribution >= 0.6 is 0 Å². The SMILES string of the molecule is CN(c1ccccc1)c1ccc(C(=O)N(C)C2CC3CCC(C2)N3)cn1. The molecule has 2 atom stereocenters. The third-order valence-corrected chi connectivity index (χ3v) is 5.80. The van der Waals surface area contributed by atoms with Gasteiger partial charge in [-0.1, -0.05) is 18.2 Å². The number of hydrogen-bond donors (Lipinski definition) is 1. The molecule has 2 bridgehead atoms. The lowest BCUT2D eigenvalue weighted by atomic mass is 9.98. The maximum Gasteiger partial charge on any atom is 0.255 e. The van der Waals surface area contributed by atoms with Crippen LogP contribution in [0.15, 0.2) is 48.7 Å². The first-order valence-corrected chi connectivity index (χ1v) is 9.40. The predicted molar refractivity (Wildman–Crippen MR) is 104 cm³/mol. The Hall–Kier alpha value is -2.40. The molecule has 5 nitrogen and oxygen atoms in total. The van der Waals surface area contributed by atoms with Crippen LogP contribution in [0.25, 0.3) is 0 Å². The van der Waals surface area contributed by atoms with Crippen LogP contribution in [0.2, 0.25) is 0 Å². The van der Waals surface area contributed by atoms with Gasteiger partial charge in [0.2, 0.25) is 0 Å². The zero-order valence-corrected chi connectivity index (χ0v) is 15.4. The summed E-state index contributed by atoms with van der Waals surface area (Å²) in [7, 11) is 3.91. The molecule has 136 valence electrons. The molecular formula is C21H26N4O. The van der Waals surface area contributed by atoms with E-state index in [1.54, 1.807) is 6.20 Å². The normalized spacial score (nSPS) is 24.3. The number of nitrogens with zero attached hydrogens (tertiary/aromatic N) is 3. The highest BCUT2D eigenvalue weighted by molar-refractivity contribution is 5.94. The molecule has 2 saturated heterocycles. The molecule has 1 N–H and O–H groups in total. The van der Waals surface area contributed by atoms with Gasteiger partial charge in [0.15, 0.2) is 0 Å². The maximum absolute atomic E-state index is 12.9. The van der Waals surface area contributed by atoms with Crippen LogP contribution < -0.4 is 10.2 Å². The van der Waals surface area contributed by atoms with E-state index < -0.39 is 0 Å². The van der Waals surface area contributed by atoms with Gasteiger partial charge in [-0.15, -0.1) is 0 Å². The van der Waals surface area contributed by atoms with Crippen LogP contribution in [0.3, 0.4) is 0 Å². The fourth-order valence-corrected chi connectivity index (χ4v) is 4.21. The van der Waals surface area contributed by atoms with Crippen molar-refractivity contribution in [2.75, 3.05) is 19.0 Å². The van der Waals surface area contributed by atoms with Crippen LogP contribution in [0.5, 0.6) is 0 Å².